The number of benzene rings is 1. The number of nitro groups is 1. The molecule has 90 valence electrons. The third-order valence-electron chi connectivity index (χ3n) is 2.84. The molecule has 1 aromatic rings. The van der Waals surface area contributed by atoms with Gasteiger partial charge in [0.05, 0.1) is 4.92 Å². The summed E-state index contributed by atoms with van der Waals surface area (Å²) in [5, 5.41) is 10.6. The maximum absolute atomic E-state index is 11.9. The molecular formula is C11H13N3O3. The quantitative estimate of drug-likeness (QED) is 0.603. The Labute approximate surface area is 98.2 Å². The molecule has 0 saturated carbocycles. The lowest BCUT2D eigenvalue weighted by Crippen LogP contribution is -2.57. The monoisotopic (exact) mass is 235 g/mol. The van der Waals surface area contributed by atoms with Crippen LogP contribution in [0.5, 0.6) is 0 Å². The van der Waals surface area contributed by atoms with Crippen molar-refractivity contribution in [1.29, 1.82) is 0 Å². The number of hydrogen-bond acceptors (Lipinski definition) is 4. The van der Waals surface area contributed by atoms with Crippen molar-refractivity contribution in [2.45, 2.75) is 13.0 Å². The zero-order chi connectivity index (χ0) is 12.6. The average molecular weight is 235 g/mol. The molecule has 6 nitrogen and oxygen atoms in total. The lowest BCUT2D eigenvalue weighted by atomic mass is 10.1. The van der Waals surface area contributed by atoms with Gasteiger partial charge in [0.2, 0.25) is 0 Å². The summed E-state index contributed by atoms with van der Waals surface area (Å²) in [6.07, 6.45) is 0. The van der Waals surface area contributed by atoms with Crippen LogP contribution in [0.3, 0.4) is 0 Å². The van der Waals surface area contributed by atoms with Crippen molar-refractivity contribution in [2.75, 3.05) is 13.1 Å². The van der Waals surface area contributed by atoms with Crippen LogP contribution in [0, 0.1) is 17.0 Å². The summed E-state index contributed by atoms with van der Waals surface area (Å²) in [6.45, 7) is 2.72. The molecule has 1 saturated heterocycles. The van der Waals surface area contributed by atoms with Crippen LogP contribution in [0.1, 0.15) is 15.9 Å². The van der Waals surface area contributed by atoms with Crippen LogP contribution in [-0.2, 0) is 0 Å². The first kappa shape index (κ1) is 11.5. The summed E-state index contributed by atoms with van der Waals surface area (Å²) in [5.74, 6) is -0.121. The van der Waals surface area contributed by atoms with Crippen LogP contribution < -0.4 is 5.73 Å². The Balaban J connectivity index is 2.20. The van der Waals surface area contributed by atoms with Gasteiger partial charge >= 0.3 is 0 Å². The first-order valence-corrected chi connectivity index (χ1v) is 5.29. The molecule has 0 unspecified atom stereocenters. The second-order valence-electron chi connectivity index (χ2n) is 4.23. The molecule has 0 radical (unpaired) electrons. The van der Waals surface area contributed by atoms with Crippen molar-refractivity contribution in [3.8, 4) is 0 Å². The van der Waals surface area contributed by atoms with Gasteiger partial charge in [-0.05, 0) is 19.1 Å². The highest BCUT2D eigenvalue weighted by atomic mass is 16.6. The SMILES string of the molecule is Cc1cc(C(=O)N2CC(N)C2)ccc1[N+](=O)[O-]. The van der Waals surface area contributed by atoms with Gasteiger partial charge in [0.1, 0.15) is 0 Å². The van der Waals surface area contributed by atoms with E-state index in [1.54, 1.807) is 17.9 Å². The van der Waals surface area contributed by atoms with Gasteiger partial charge in [-0.15, -0.1) is 0 Å². The van der Waals surface area contributed by atoms with E-state index in [2.05, 4.69) is 0 Å². The standard InChI is InChI=1S/C11H13N3O3/c1-7-4-8(2-3-10(7)14(16)17)11(15)13-5-9(12)6-13/h2-4,9H,5-6,12H2,1H3. The molecule has 17 heavy (non-hydrogen) atoms. The van der Waals surface area contributed by atoms with E-state index in [1.807, 2.05) is 0 Å². The minimum absolute atomic E-state index is 0.0295. The molecule has 0 aromatic heterocycles. The van der Waals surface area contributed by atoms with Crippen LogP contribution >= 0.6 is 0 Å². The van der Waals surface area contributed by atoms with Gasteiger partial charge in [-0.3, -0.25) is 14.9 Å². The van der Waals surface area contributed by atoms with E-state index >= 15 is 0 Å². The number of likely N-dealkylation sites (tertiary alicyclic amines) is 1. The number of hydrogen-bond donors (Lipinski definition) is 1. The lowest BCUT2D eigenvalue weighted by Gasteiger charge is -2.36. The van der Waals surface area contributed by atoms with Gasteiger partial charge in [0.15, 0.2) is 0 Å². The van der Waals surface area contributed by atoms with E-state index in [1.165, 1.54) is 12.1 Å². The van der Waals surface area contributed by atoms with Crippen LogP contribution in [0.25, 0.3) is 0 Å². The molecular weight excluding hydrogens is 222 g/mol. The summed E-state index contributed by atoms with van der Waals surface area (Å²) in [7, 11) is 0. The number of carbonyl (C=O) groups excluding carboxylic acids is 1. The summed E-state index contributed by atoms with van der Waals surface area (Å²) < 4.78 is 0. The number of carbonyl (C=O) groups is 1. The second kappa shape index (κ2) is 4.14. The fourth-order valence-corrected chi connectivity index (χ4v) is 1.85. The summed E-state index contributed by atoms with van der Waals surface area (Å²) >= 11 is 0. The first-order valence-electron chi connectivity index (χ1n) is 5.29. The van der Waals surface area contributed by atoms with E-state index in [4.69, 9.17) is 5.73 Å². The molecule has 0 spiro atoms. The van der Waals surface area contributed by atoms with Crippen molar-refractivity contribution < 1.29 is 9.72 Å². The van der Waals surface area contributed by atoms with Gasteiger partial charge in [-0.2, -0.15) is 0 Å². The van der Waals surface area contributed by atoms with Gasteiger partial charge in [-0.25, -0.2) is 0 Å². The van der Waals surface area contributed by atoms with Crippen molar-refractivity contribution in [3.05, 3.63) is 39.4 Å². The van der Waals surface area contributed by atoms with Gasteiger partial charge < -0.3 is 10.6 Å². The summed E-state index contributed by atoms with van der Waals surface area (Å²) in [6, 6.07) is 4.45. The Morgan fingerprint density at radius 3 is 2.65 bits per heavy atom. The van der Waals surface area contributed by atoms with Gasteiger partial charge in [-0.1, -0.05) is 0 Å². The van der Waals surface area contributed by atoms with E-state index in [9.17, 15) is 14.9 Å². The van der Waals surface area contributed by atoms with E-state index < -0.39 is 4.92 Å². The zero-order valence-corrected chi connectivity index (χ0v) is 9.42. The molecule has 1 fully saturated rings. The number of nitro benzene ring substituents is 1. The van der Waals surface area contributed by atoms with Crippen molar-refractivity contribution in [3.63, 3.8) is 0 Å². The molecule has 6 heteroatoms. The highest BCUT2D eigenvalue weighted by Crippen LogP contribution is 2.20. The largest absolute Gasteiger partial charge is 0.335 e. The van der Waals surface area contributed by atoms with Crippen molar-refractivity contribution in [2.24, 2.45) is 5.73 Å². The molecule has 1 aromatic carbocycles. The second-order valence-corrected chi connectivity index (χ2v) is 4.23. The minimum atomic E-state index is -0.455. The maximum atomic E-state index is 11.9. The molecule has 2 N–H and O–H groups in total. The van der Waals surface area contributed by atoms with Gasteiger partial charge in [0, 0.05) is 36.3 Å². The normalized spacial score (nSPS) is 15.5. The summed E-state index contributed by atoms with van der Waals surface area (Å²) in [4.78, 5) is 23.7. The number of aryl methyl sites for hydroxylation is 1. The maximum Gasteiger partial charge on any atom is 0.272 e. The third kappa shape index (κ3) is 2.12. The van der Waals surface area contributed by atoms with E-state index in [-0.39, 0.29) is 17.6 Å². The smallest absolute Gasteiger partial charge is 0.272 e. The van der Waals surface area contributed by atoms with E-state index in [0.717, 1.165) is 0 Å². The molecule has 1 aliphatic rings. The Kier molecular flexibility index (Phi) is 2.81. The molecule has 1 aliphatic heterocycles. The highest BCUT2D eigenvalue weighted by molar-refractivity contribution is 5.95. The third-order valence-corrected chi connectivity index (χ3v) is 2.84. The zero-order valence-electron chi connectivity index (χ0n) is 9.42. The Morgan fingerprint density at radius 2 is 2.18 bits per heavy atom. The lowest BCUT2D eigenvalue weighted by molar-refractivity contribution is -0.385. The first-order chi connectivity index (χ1) is 7.99. The molecule has 0 aliphatic carbocycles. The van der Waals surface area contributed by atoms with Crippen LogP contribution in [0.4, 0.5) is 5.69 Å². The van der Waals surface area contributed by atoms with E-state index in [0.29, 0.717) is 24.2 Å². The molecule has 0 atom stereocenters. The Bertz CT molecular complexity index is 481. The molecule has 1 heterocycles. The number of amides is 1. The minimum Gasteiger partial charge on any atom is -0.335 e. The van der Waals surface area contributed by atoms with Crippen LogP contribution in [-0.4, -0.2) is 34.9 Å². The number of nitrogens with two attached hydrogens (primary N) is 1. The summed E-state index contributed by atoms with van der Waals surface area (Å²) in [5.41, 5.74) is 6.59. The predicted molar refractivity (Wildman–Crippen MR) is 61.7 cm³/mol. The topological polar surface area (TPSA) is 89.5 Å². The number of rotatable bonds is 2. The average Bonchev–Trinajstić information content (AvgIpc) is 2.23. The van der Waals surface area contributed by atoms with Gasteiger partial charge in [0.25, 0.3) is 11.6 Å². The predicted octanol–water partition coefficient (Wildman–Crippen LogP) is 0.686. The Hall–Kier alpha value is -1.95. The fraction of sp³-hybridized carbons (Fsp3) is 0.364. The van der Waals surface area contributed by atoms with Crippen LogP contribution in [0.2, 0.25) is 0 Å². The van der Waals surface area contributed by atoms with Crippen LogP contribution in [0.15, 0.2) is 18.2 Å². The molecule has 2 rings (SSSR count). The number of nitrogens with zero attached hydrogens (tertiary/aromatic N) is 2. The highest BCUT2D eigenvalue weighted by Gasteiger charge is 2.28. The fourth-order valence-electron chi connectivity index (χ4n) is 1.85. The molecule has 1 amide bonds. The molecule has 0 bridgehead atoms. The van der Waals surface area contributed by atoms with Crippen molar-refractivity contribution >= 4 is 11.6 Å². The Morgan fingerprint density at radius 1 is 1.53 bits per heavy atom. The van der Waals surface area contributed by atoms with Crippen molar-refractivity contribution in [1.82, 2.24) is 4.90 Å².